The molecule has 1 heterocycles. The number of hydrogen-bond donors (Lipinski definition) is 2. The molecular formula is C8H17NO2. The fraction of sp³-hybridized carbons (Fsp3) is 1.00. The summed E-state index contributed by atoms with van der Waals surface area (Å²) in [6.07, 6.45) is 0.486. The zero-order valence-corrected chi connectivity index (χ0v) is 7.16. The van der Waals surface area contributed by atoms with Crippen LogP contribution in [0.1, 0.15) is 20.3 Å². The molecule has 0 radical (unpaired) electrons. The average molecular weight is 159 g/mol. The molecule has 3 heteroatoms. The lowest BCUT2D eigenvalue weighted by atomic mass is 9.95. The van der Waals surface area contributed by atoms with Crippen molar-refractivity contribution in [2.45, 2.75) is 38.5 Å². The normalized spacial score (nSPS) is 39.5. The van der Waals surface area contributed by atoms with Gasteiger partial charge in [0, 0.05) is 6.42 Å². The summed E-state index contributed by atoms with van der Waals surface area (Å²) in [4.78, 5) is 0. The van der Waals surface area contributed by atoms with Gasteiger partial charge in [0.15, 0.2) is 0 Å². The molecule has 1 aliphatic rings. The highest BCUT2D eigenvalue weighted by Gasteiger charge is 2.28. The summed E-state index contributed by atoms with van der Waals surface area (Å²) in [5.41, 5.74) is 5.57. The van der Waals surface area contributed by atoms with Crippen molar-refractivity contribution >= 4 is 0 Å². The lowest BCUT2D eigenvalue weighted by molar-refractivity contribution is -0.0746. The lowest BCUT2D eigenvalue weighted by Gasteiger charge is -2.33. The van der Waals surface area contributed by atoms with Crippen LogP contribution in [0.15, 0.2) is 0 Å². The van der Waals surface area contributed by atoms with Gasteiger partial charge >= 0.3 is 0 Å². The van der Waals surface area contributed by atoms with Gasteiger partial charge in [-0.05, 0) is 5.92 Å². The van der Waals surface area contributed by atoms with Crippen molar-refractivity contribution in [2.24, 2.45) is 11.7 Å². The first-order valence-electron chi connectivity index (χ1n) is 4.16. The highest BCUT2D eigenvalue weighted by atomic mass is 16.5. The lowest BCUT2D eigenvalue weighted by Crippen LogP contribution is -2.47. The van der Waals surface area contributed by atoms with Gasteiger partial charge < -0.3 is 15.6 Å². The summed E-state index contributed by atoms with van der Waals surface area (Å²) in [5.74, 6) is 0.470. The van der Waals surface area contributed by atoms with E-state index in [1.54, 1.807) is 0 Å². The first kappa shape index (κ1) is 8.97. The molecule has 1 aliphatic heterocycles. The fourth-order valence-electron chi connectivity index (χ4n) is 1.29. The van der Waals surface area contributed by atoms with Crippen LogP contribution in [-0.2, 0) is 4.74 Å². The van der Waals surface area contributed by atoms with E-state index in [4.69, 9.17) is 10.5 Å². The van der Waals surface area contributed by atoms with E-state index in [2.05, 4.69) is 13.8 Å². The summed E-state index contributed by atoms with van der Waals surface area (Å²) in [6.45, 7) is 4.67. The minimum Gasteiger partial charge on any atom is -0.391 e. The summed E-state index contributed by atoms with van der Waals surface area (Å²) in [5, 5.41) is 9.39. The third kappa shape index (κ3) is 2.15. The standard InChI is InChI=1S/C8H17NO2/c1-5(2)8-3-7(10)6(9)4-11-8/h5-8,10H,3-4,9H2,1-2H3/t6-,7-,8+/m0/s1. The quantitative estimate of drug-likeness (QED) is 0.571. The van der Waals surface area contributed by atoms with E-state index >= 15 is 0 Å². The van der Waals surface area contributed by atoms with Crippen molar-refractivity contribution in [3.05, 3.63) is 0 Å². The van der Waals surface area contributed by atoms with Crippen LogP contribution in [0.5, 0.6) is 0 Å². The van der Waals surface area contributed by atoms with E-state index in [1.165, 1.54) is 0 Å². The number of rotatable bonds is 1. The van der Waals surface area contributed by atoms with E-state index in [-0.39, 0.29) is 18.2 Å². The number of nitrogens with two attached hydrogens (primary N) is 1. The summed E-state index contributed by atoms with van der Waals surface area (Å²) in [6, 6.07) is -0.190. The maximum atomic E-state index is 9.39. The SMILES string of the molecule is CC(C)[C@H]1C[C@H](O)[C@@H](N)CO1. The predicted octanol–water partition coefficient (Wildman–Crippen LogP) is 0.120. The Morgan fingerprint density at radius 3 is 2.64 bits per heavy atom. The van der Waals surface area contributed by atoms with Gasteiger partial charge in [-0.3, -0.25) is 0 Å². The van der Waals surface area contributed by atoms with E-state index in [0.717, 1.165) is 0 Å². The van der Waals surface area contributed by atoms with Crippen LogP contribution in [-0.4, -0.2) is 30.0 Å². The van der Waals surface area contributed by atoms with E-state index in [0.29, 0.717) is 18.9 Å². The van der Waals surface area contributed by atoms with Gasteiger partial charge in [0.2, 0.25) is 0 Å². The molecule has 0 saturated carbocycles. The molecule has 3 nitrogen and oxygen atoms in total. The molecule has 0 aromatic heterocycles. The van der Waals surface area contributed by atoms with E-state index in [1.807, 2.05) is 0 Å². The zero-order chi connectivity index (χ0) is 8.43. The van der Waals surface area contributed by atoms with Gasteiger partial charge in [0.25, 0.3) is 0 Å². The second kappa shape index (κ2) is 3.52. The molecule has 0 unspecified atom stereocenters. The summed E-state index contributed by atoms with van der Waals surface area (Å²) in [7, 11) is 0. The Morgan fingerprint density at radius 2 is 2.18 bits per heavy atom. The maximum Gasteiger partial charge on any atom is 0.0738 e. The van der Waals surface area contributed by atoms with Crippen molar-refractivity contribution in [3.63, 3.8) is 0 Å². The molecule has 11 heavy (non-hydrogen) atoms. The molecule has 3 N–H and O–H groups in total. The van der Waals surface area contributed by atoms with Gasteiger partial charge in [0.05, 0.1) is 24.9 Å². The van der Waals surface area contributed by atoms with E-state index < -0.39 is 0 Å². The van der Waals surface area contributed by atoms with Crippen LogP contribution in [0.3, 0.4) is 0 Å². The van der Waals surface area contributed by atoms with E-state index in [9.17, 15) is 5.11 Å². The minimum atomic E-state index is -0.379. The Balaban J connectivity index is 2.40. The van der Waals surface area contributed by atoms with Gasteiger partial charge in [-0.15, -0.1) is 0 Å². The molecule has 0 spiro atoms. The molecule has 0 amide bonds. The number of aliphatic hydroxyl groups excluding tert-OH is 1. The Bertz CT molecular complexity index is 127. The Labute approximate surface area is 67.5 Å². The summed E-state index contributed by atoms with van der Waals surface area (Å²) < 4.78 is 5.44. The van der Waals surface area contributed by atoms with Crippen molar-refractivity contribution < 1.29 is 9.84 Å². The second-order valence-corrected chi connectivity index (χ2v) is 3.58. The molecule has 1 rings (SSSR count). The van der Waals surface area contributed by atoms with Crippen LogP contribution >= 0.6 is 0 Å². The Kier molecular flexibility index (Phi) is 2.87. The molecule has 3 atom stereocenters. The van der Waals surface area contributed by atoms with Gasteiger partial charge in [-0.1, -0.05) is 13.8 Å². The third-order valence-electron chi connectivity index (χ3n) is 2.21. The van der Waals surface area contributed by atoms with Crippen LogP contribution in [0.25, 0.3) is 0 Å². The molecule has 0 bridgehead atoms. The van der Waals surface area contributed by atoms with Crippen molar-refractivity contribution in [1.29, 1.82) is 0 Å². The van der Waals surface area contributed by atoms with Crippen LogP contribution < -0.4 is 5.73 Å². The second-order valence-electron chi connectivity index (χ2n) is 3.58. The first-order valence-corrected chi connectivity index (χ1v) is 4.16. The molecular weight excluding hydrogens is 142 g/mol. The fourth-order valence-corrected chi connectivity index (χ4v) is 1.29. The number of ether oxygens (including phenoxy) is 1. The third-order valence-corrected chi connectivity index (χ3v) is 2.21. The highest BCUT2D eigenvalue weighted by molar-refractivity contribution is 4.81. The van der Waals surface area contributed by atoms with Gasteiger partial charge in [-0.25, -0.2) is 0 Å². The van der Waals surface area contributed by atoms with Crippen LogP contribution in [0.2, 0.25) is 0 Å². The molecule has 1 saturated heterocycles. The van der Waals surface area contributed by atoms with Crippen LogP contribution in [0.4, 0.5) is 0 Å². The first-order chi connectivity index (χ1) is 5.11. The zero-order valence-electron chi connectivity index (χ0n) is 7.16. The molecule has 0 aromatic rings. The van der Waals surface area contributed by atoms with Crippen molar-refractivity contribution in [3.8, 4) is 0 Å². The molecule has 66 valence electrons. The molecule has 0 aliphatic carbocycles. The topological polar surface area (TPSA) is 55.5 Å². The van der Waals surface area contributed by atoms with Gasteiger partial charge in [0.1, 0.15) is 0 Å². The van der Waals surface area contributed by atoms with Crippen molar-refractivity contribution in [1.82, 2.24) is 0 Å². The molecule has 0 aromatic carbocycles. The largest absolute Gasteiger partial charge is 0.391 e. The highest BCUT2D eigenvalue weighted by Crippen LogP contribution is 2.19. The van der Waals surface area contributed by atoms with Crippen molar-refractivity contribution in [2.75, 3.05) is 6.61 Å². The minimum absolute atomic E-state index is 0.185. The Hall–Kier alpha value is -0.120. The average Bonchev–Trinajstić information content (AvgIpc) is 1.94. The number of hydrogen-bond acceptors (Lipinski definition) is 3. The van der Waals surface area contributed by atoms with Crippen LogP contribution in [0, 0.1) is 5.92 Å². The summed E-state index contributed by atoms with van der Waals surface area (Å²) >= 11 is 0. The predicted molar refractivity (Wildman–Crippen MR) is 43.2 cm³/mol. The maximum absolute atomic E-state index is 9.39. The molecule has 1 fully saturated rings. The monoisotopic (exact) mass is 159 g/mol. The van der Waals surface area contributed by atoms with Gasteiger partial charge in [-0.2, -0.15) is 0 Å². The Morgan fingerprint density at radius 1 is 1.55 bits per heavy atom. The number of aliphatic hydroxyl groups is 1. The smallest absolute Gasteiger partial charge is 0.0738 e.